The number of carbonyl (C=O) groups excluding carboxylic acids is 3. The van der Waals surface area contributed by atoms with E-state index in [1.165, 1.54) is 4.90 Å². The van der Waals surface area contributed by atoms with Crippen LogP contribution in [-0.2, 0) is 9.59 Å². The first kappa shape index (κ1) is 16.3. The number of rotatable bonds is 3. The van der Waals surface area contributed by atoms with Gasteiger partial charge in [0, 0.05) is 23.6 Å². The molecule has 3 amide bonds. The Kier molecular flexibility index (Phi) is 5.77. The first-order valence-corrected chi connectivity index (χ1v) is 7.56. The van der Waals surface area contributed by atoms with E-state index in [4.69, 9.17) is 11.6 Å². The number of nitrogens with one attached hydrogen (secondary N) is 2. The first-order valence-electron chi connectivity index (χ1n) is 7.19. The van der Waals surface area contributed by atoms with E-state index in [0.29, 0.717) is 23.6 Å². The van der Waals surface area contributed by atoms with Crippen LogP contribution in [0.15, 0.2) is 24.3 Å². The van der Waals surface area contributed by atoms with Gasteiger partial charge in [-0.2, -0.15) is 0 Å². The Balaban J connectivity index is 1.80. The van der Waals surface area contributed by atoms with Crippen molar-refractivity contribution in [3.8, 4) is 0 Å². The minimum absolute atomic E-state index is 0.0170. The molecular weight excluding hydrogens is 306 g/mol. The van der Waals surface area contributed by atoms with Crippen molar-refractivity contribution in [3.63, 3.8) is 0 Å². The quantitative estimate of drug-likeness (QED) is 0.827. The molecule has 2 rings (SSSR count). The van der Waals surface area contributed by atoms with Crippen LogP contribution in [0.3, 0.4) is 0 Å². The highest BCUT2D eigenvalue weighted by atomic mass is 35.5. The molecule has 1 aromatic carbocycles. The maximum absolute atomic E-state index is 11.8. The molecule has 0 spiro atoms. The second kappa shape index (κ2) is 7.79. The first-order chi connectivity index (χ1) is 10.6. The van der Waals surface area contributed by atoms with Gasteiger partial charge in [-0.15, -0.1) is 0 Å². The molecule has 0 aromatic heterocycles. The molecule has 0 radical (unpaired) electrons. The summed E-state index contributed by atoms with van der Waals surface area (Å²) < 4.78 is 0. The van der Waals surface area contributed by atoms with Crippen LogP contribution in [0.1, 0.15) is 36.0 Å². The van der Waals surface area contributed by atoms with Crippen LogP contribution in [0.25, 0.3) is 0 Å². The molecule has 1 fully saturated rings. The number of amides is 3. The van der Waals surface area contributed by atoms with E-state index in [2.05, 4.69) is 10.9 Å². The summed E-state index contributed by atoms with van der Waals surface area (Å²) in [5.41, 5.74) is 5.02. The molecule has 0 unspecified atom stereocenters. The Labute approximate surface area is 133 Å². The third kappa shape index (κ3) is 4.73. The standard InChI is InChI=1S/C15H18ClN3O3/c16-12-7-5-11(6-8-12)15(22)18-17-13(20)10-19-9-3-1-2-4-14(19)21/h5-8H,1-4,9-10H2,(H,17,20)(H,18,22). The maximum Gasteiger partial charge on any atom is 0.269 e. The number of hydrogen-bond acceptors (Lipinski definition) is 3. The fourth-order valence-electron chi connectivity index (χ4n) is 2.22. The van der Waals surface area contributed by atoms with Crippen LogP contribution in [0.4, 0.5) is 0 Å². The summed E-state index contributed by atoms with van der Waals surface area (Å²) in [4.78, 5) is 37.0. The fraction of sp³-hybridized carbons (Fsp3) is 0.400. The summed E-state index contributed by atoms with van der Waals surface area (Å²) in [5, 5.41) is 0.528. The van der Waals surface area contributed by atoms with E-state index in [1.807, 2.05) is 0 Å². The molecular formula is C15H18ClN3O3. The Hall–Kier alpha value is -2.08. The van der Waals surface area contributed by atoms with Crippen LogP contribution >= 0.6 is 11.6 Å². The van der Waals surface area contributed by atoms with Gasteiger partial charge in [-0.25, -0.2) is 0 Å². The van der Waals surface area contributed by atoms with Crippen molar-refractivity contribution in [1.82, 2.24) is 15.8 Å². The SMILES string of the molecule is O=C(CN1CCCCCC1=O)NNC(=O)c1ccc(Cl)cc1. The summed E-state index contributed by atoms with van der Waals surface area (Å²) in [7, 11) is 0. The van der Waals surface area contributed by atoms with Crippen molar-refractivity contribution in [3.05, 3.63) is 34.9 Å². The van der Waals surface area contributed by atoms with E-state index >= 15 is 0 Å². The molecule has 6 nitrogen and oxygen atoms in total. The molecule has 1 heterocycles. The van der Waals surface area contributed by atoms with E-state index < -0.39 is 11.8 Å². The van der Waals surface area contributed by atoms with Gasteiger partial charge in [0.2, 0.25) is 5.91 Å². The number of likely N-dealkylation sites (tertiary alicyclic amines) is 1. The van der Waals surface area contributed by atoms with Gasteiger partial charge in [-0.1, -0.05) is 18.0 Å². The molecule has 1 aromatic rings. The zero-order valence-electron chi connectivity index (χ0n) is 12.1. The molecule has 0 bridgehead atoms. The number of halogens is 1. The van der Waals surface area contributed by atoms with Crippen LogP contribution in [0, 0.1) is 0 Å². The van der Waals surface area contributed by atoms with Gasteiger partial charge in [0.1, 0.15) is 6.54 Å². The molecule has 1 aliphatic heterocycles. The Morgan fingerprint density at radius 2 is 1.82 bits per heavy atom. The zero-order chi connectivity index (χ0) is 15.9. The lowest BCUT2D eigenvalue weighted by atomic mass is 10.2. The highest BCUT2D eigenvalue weighted by Crippen LogP contribution is 2.11. The Morgan fingerprint density at radius 3 is 2.55 bits per heavy atom. The van der Waals surface area contributed by atoms with Gasteiger partial charge in [0.15, 0.2) is 0 Å². The number of hydrazine groups is 1. The lowest BCUT2D eigenvalue weighted by molar-refractivity contribution is -0.135. The van der Waals surface area contributed by atoms with Crippen LogP contribution in [-0.4, -0.2) is 35.7 Å². The van der Waals surface area contributed by atoms with Crippen molar-refractivity contribution in [2.75, 3.05) is 13.1 Å². The van der Waals surface area contributed by atoms with E-state index in [-0.39, 0.29) is 12.5 Å². The average Bonchev–Trinajstić information content (AvgIpc) is 2.70. The molecule has 0 atom stereocenters. The molecule has 1 saturated heterocycles. The lowest BCUT2D eigenvalue weighted by Gasteiger charge is -2.19. The lowest BCUT2D eigenvalue weighted by Crippen LogP contribution is -2.47. The second-order valence-corrected chi connectivity index (χ2v) is 5.57. The van der Waals surface area contributed by atoms with E-state index in [9.17, 15) is 14.4 Å². The van der Waals surface area contributed by atoms with Crippen molar-refractivity contribution in [2.45, 2.75) is 25.7 Å². The minimum atomic E-state index is -0.438. The molecule has 1 aliphatic rings. The number of carbonyl (C=O) groups is 3. The fourth-order valence-corrected chi connectivity index (χ4v) is 2.34. The van der Waals surface area contributed by atoms with Crippen LogP contribution in [0.2, 0.25) is 5.02 Å². The summed E-state index contributed by atoms with van der Waals surface area (Å²) in [6, 6.07) is 6.30. The number of benzene rings is 1. The van der Waals surface area contributed by atoms with Crippen molar-refractivity contribution < 1.29 is 14.4 Å². The molecule has 22 heavy (non-hydrogen) atoms. The normalized spacial score (nSPS) is 15.1. The van der Waals surface area contributed by atoms with Gasteiger partial charge in [0.25, 0.3) is 11.8 Å². The van der Waals surface area contributed by atoms with Crippen molar-refractivity contribution in [1.29, 1.82) is 0 Å². The third-order valence-corrected chi connectivity index (χ3v) is 3.68. The zero-order valence-corrected chi connectivity index (χ0v) is 12.9. The summed E-state index contributed by atoms with van der Waals surface area (Å²) in [5.74, 6) is -0.874. The Morgan fingerprint density at radius 1 is 1.09 bits per heavy atom. The molecule has 0 saturated carbocycles. The maximum atomic E-state index is 11.8. The van der Waals surface area contributed by atoms with Gasteiger partial charge < -0.3 is 4.90 Å². The van der Waals surface area contributed by atoms with Crippen LogP contribution < -0.4 is 10.9 Å². The molecule has 118 valence electrons. The van der Waals surface area contributed by atoms with E-state index in [1.54, 1.807) is 24.3 Å². The molecule has 7 heteroatoms. The summed E-state index contributed by atoms with van der Waals surface area (Å²) >= 11 is 5.74. The van der Waals surface area contributed by atoms with Gasteiger partial charge in [0.05, 0.1) is 0 Å². The minimum Gasteiger partial charge on any atom is -0.333 e. The number of hydrogen-bond donors (Lipinski definition) is 2. The van der Waals surface area contributed by atoms with Crippen LogP contribution in [0.5, 0.6) is 0 Å². The van der Waals surface area contributed by atoms with Gasteiger partial charge >= 0.3 is 0 Å². The molecule has 2 N–H and O–H groups in total. The highest BCUT2D eigenvalue weighted by molar-refractivity contribution is 6.30. The van der Waals surface area contributed by atoms with Gasteiger partial charge in [-0.05, 0) is 37.1 Å². The van der Waals surface area contributed by atoms with E-state index in [0.717, 1.165) is 19.3 Å². The second-order valence-electron chi connectivity index (χ2n) is 5.14. The summed E-state index contributed by atoms with van der Waals surface area (Å²) in [6.07, 6.45) is 3.24. The van der Waals surface area contributed by atoms with Crippen molar-refractivity contribution in [2.24, 2.45) is 0 Å². The summed E-state index contributed by atoms with van der Waals surface area (Å²) in [6.45, 7) is 0.539. The number of nitrogens with zero attached hydrogens (tertiary/aromatic N) is 1. The van der Waals surface area contributed by atoms with Gasteiger partial charge in [-0.3, -0.25) is 25.2 Å². The predicted molar refractivity (Wildman–Crippen MR) is 82.1 cm³/mol. The highest BCUT2D eigenvalue weighted by Gasteiger charge is 2.19. The smallest absolute Gasteiger partial charge is 0.269 e. The predicted octanol–water partition coefficient (Wildman–Crippen LogP) is 1.50. The third-order valence-electron chi connectivity index (χ3n) is 3.43. The van der Waals surface area contributed by atoms with Crippen molar-refractivity contribution >= 4 is 29.3 Å². The topological polar surface area (TPSA) is 78.5 Å². The average molecular weight is 324 g/mol. The Bertz CT molecular complexity index is 560. The monoisotopic (exact) mass is 323 g/mol. The largest absolute Gasteiger partial charge is 0.333 e. The molecule has 0 aliphatic carbocycles.